The van der Waals surface area contributed by atoms with Gasteiger partial charge < -0.3 is 10.4 Å². The molecule has 0 aliphatic heterocycles. The van der Waals surface area contributed by atoms with Gasteiger partial charge in [0, 0.05) is 17.0 Å². The van der Waals surface area contributed by atoms with Gasteiger partial charge in [-0.3, -0.25) is 9.59 Å². The summed E-state index contributed by atoms with van der Waals surface area (Å²) < 4.78 is 0. The van der Waals surface area contributed by atoms with Crippen LogP contribution in [0.4, 0.5) is 5.69 Å². The first-order valence-corrected chi connectivity index (χ1v) is 8.78. The first-order valence-electron chi connectivity index (χ1n) is 8.78. The minimum Gasteiger partial charge on any atom is -0.481 e. The number of carbonyl (C=O) groups excluding carboxylic acids is 1. The Labute approximate surface area is 146 Å². The Morgan fingerprint density at radius 1 is 1.16 bits per heavy atom. The topological polar surface area (TPSA) is 66.4 Å². The maximum absolute atomic E-state index is 12.8. The number of hydrogen-bond donors (Lipinski definition) is 2. The molecule has 0 saturated heterocycles. The fourth-order valence-electron chi connectivity index (χ4n) is 4.34. The number of fused-ring (bicyclic) bond motifs is 2. The van der Waals surface area contributed by atoms with E-state index in [0.29, 0.717) is 11.3 Å². The van der Waals surface area contributed by atoms with Crippen LogP contribution in [0.3, 0.4) is 0 Å². The van der Waals surface area contributed by atoms with Gasteiger partial charge in [-0.15, -0.1) is 0 Å². The molecule has 0 radical (unpaired) electrons. The average Bonchev–Trinajstić information content (AvgIpc) is 3.30. The molecule has 128 valence electrons. The van der Waals surface area contributed by atoms with Crippen molar-refractivity contribution in [2.45, 2.75) is 37.5 Å². The second-order valence-electron chi connectivity index (χ2n) is 7.18. The van der Waals surface area contributed by atoms with Crippen LogP contribution >= 0.6 is 0 Å². The van der Waals surface area contributed by atoms with Crippen molar-refractivity contribution in [2.75, 3.05) is 5.32 Å². The van der Waals surface area contributed by atoms with E-state index in [1.165, 1.54) is 11.1 Å². The summed E-state index contributed by atoms with van der Waals surface area (Å²) in [6.07, 6.45) is 4.18. The molecule has 2 aromatic rings. The van der Waals surface area contributed by atoms with Gasteiger partial charge in [0.05, 0.1) is 6.42 Å². The number of carbonyl (C=O) groups is 2. The summed E-state index contributed by atoms with van der Waals surface area (Å²) in [7, 11) is 0. The Morgan fingerprint density at radius 2 is 2.00 bits per heavy atom. The third-order valence-corrected chi connectivity index (χ3v) is 5.56. The largest absolute Gasteiger partial charge is 0.481 e. The van der Waals surface area contributed by atoms with Crippen molar-refractivity contribution in [2.24, 2.45) is 5.92 Å². The summed E-state index contributed by atoms with van der Waals surface area (Å²) in [5, 5.41) is 11.9. The highest BCUT2D eigenvalue weighted by atomic mass is 16.4. The molecule has 4 rings (SSSR count). The Bertz CT molecular complexity index is 845. The predicted octanol–water partition coefficient (Wildman–Crippen LogP) is 3.55. The summed E-state index contributed by atoms with van der Waals surface area (Å²) in [6.45, 7) is 0. The lowest BCUT2D eigenvalue weighted by Gasteiger charge is -2.26. The molecule has 25 heavy (non-hydrogen) atoms. The molecule has 2 N–H and O–H groups in total. The van der Waals surface area contributed by atoms with Crippen LogP contribution in [0.2, 0.25) is 0 Å². The molecule has 0 heterocycles. The highest BCUT2D eigenvalue weighted by Crippen LogP contribution is 2.60. The minimum absolute atomic E-state index is 0.0112. The van der Waals surface area contributed by atoms with Crippen LogP contribution in [-0.2, 0) is 27.8 Å². The van der Waals surface area contributed by atoms with E-state index in [2.05, 4.69) is 29.6 Å². The zero-order valence-corrected chi connectivity index (χ0v) is 14.0. The zero-order valence-electron chi connectivity index (χ0n) is 14.0. The van der Waals surface area contributed by atoms with Gasteiger partial charge in [-0.1, -0.05) is 36.4 Å². The van der Waals surface area contributed by atoms with Crippen molar-refractivity contribution < 1.29 is 14.7 Å². The summed E-state index contributed by atoms with van der Waals surface area (Å²) in [5.74, 6) is -0.815. The van der Waals surface area contributed by atoms with E-state index in [1.807, 2.05) is 6.07 Å². The van der Waals surface area contributed by atoms with Crippen LogP contribution in [-0.4, -0.2) is 17.0 Å². The van der Waals surface area contributed by atoms with Crippen LogP contribution in [0.5, 0.6) is 0 Å². The van der Waals surface area contributed by atoms with E-state index >= 15 is 0 Å². The number of aryl methyl sites for hydroxylation is 1. The molecule has 2 unspecified atom stereocenters. The standard InChI is InChI=1S/C21H21NO3/c23-19(24)12-14-5-3-8-16(11-14)22-20(25)18-13-21(18)10-4-7-15-6-1-2-9-17(15)21/h1-3,5-6,8-9,11,18H,4,7,10,12-13H2,(H,22,25)(H,23,24). The van der Waals surface area contributed by atoms with E-state index in [0.717, 1.165) is 25.7 Å². The van der Waals surface area contributed by atoms with Gasteiger partial charge in [0.1, 0.15) is 0 Å². The molecule has 2 atom stereocenters. The van der Waals surface area contributed by atoms with Crippen LogP contribution in [0.1, 0.15) is 36.0 Å². The number of aliphatic carboxylic acids is 1. The van der Waals surface area contributed by atoms with Crippen LogP contribution in [0.15, 0.2) is 48.5 Å². The number of anilines is 1. The Kier molecular flexibility index (Phi) is 3.83. The first-order chi connectivity index (χ1) is 12.1. The van der Waals surface area contributed by atoms with Gasteiger partial charge in [0.25, 0.3) is 0 Å². The molecule has 4 heteroatoms. The number of nitrogens with one attached hydrogen (secondary N) is 1. The number of benzene rings is 2. The fraction of sp³-hybridized carbons (Fsp3) is 0.333. The van der Waals surface area contributed by atoms with E-state index in [1.54, 1.807) is 18.2 Å². The molecule has 2 aliphatic rings. The maximum atomic E-state index is 12.8. The Hall–Kier alpha value is -2.62. The second-order valence-corrected chi connectivity index (χ2v) is 7.18. The van der Waals surface area contributed by atoms with Crippen molar-refractivity contribution in [3.8, 4) is 0 Å². The first kappa shape index (κ1) is 15.9. The molecule has 1 amide bonds. The van der Waals surface area contributed by atoms with Crippen molar-refractivity contribution in [3.63, 3.8) is 0 Å². The third-order valence-electron chi connectivity index (χ3n) is 5.56. The molecule has 2 aliphatic carbocycles. The molecule has 1 spiro atoms. The van der Waals surface area contributed by atoms with Crippen LogP contribution in [0.25, 0.3) is 0 Å². The van der Waals surface area contributed by atoms with Crippen molar-refractivity contribution in [3.05, 3.63) is 65.2 Å². The van der Waals surface area contributed by atoms with E-state index in [9.17, 15) is 9.59 Å². The lowest BCUT2D eigenvalue weighted by atomic mass is 9.78. The normalized spacial score (nSPS) is 23.8. The highest BCUT2D eigenvalue weighted by Gasteiger charge is 2.60. The molecular formula is C21H21NO3. The van der Waals surface area contributed by atoms with Crippen molar-refractivity contribution in [1.82, 2.24) is 0 Å². The van der Waals surface area contributed by atoms with E-state index in [4.69, 9.17) is 5.11 Å². The SMILES string of the molecule is O=C(O)Cc1cccc(NC(=O)C2CC23CCCc2ccccc23)c1. The van der Waals surface area contributed by atoms with Crippen molar-refractivity contribution >= 4 is 17.6 Å². The molecule has 1 fully saturated rings. The molecular weight excluding hydrogens is 314 g/mol. The van der Waals surface area contributed by atoms with Gasteiger partial charge in [0.2, 0.25) is 5.91 Å². The smallest absolute Gasteiger partial charge is 0.307 e. The summed E-state index contributed by atoms with van der Waals surface area (Å²) in [4.78, 5) is 23.6. The predicted molar refractivity (Wildman–Crippen MR) is 95.6 cm³/mol. The average molecular weight is 335 g/mol. The van der Waals surface area contributed by atoms with E-state index in [-0.39, 0.29) is 23.7 Å². The monoisotopic (exact) mass is 335 g/mol. The Balaban J connectivity index is 1.50. The number of amides is 1. The fourth-order valence-corrected chi connectivity index (χ4v) is 4.34. The lowest BCUT2D eigenvalue weighted by Crippen LogP contribution is -2.24. The summed E-state index contributed by atoms with van der Waals surface area (Å²) in [6, 6.07) is 15.6. The molecule has 2 aromatic carbocycles. The van der Waals surface area contributed by atoms with Gasteiger partial charge in [-0.25, -0.2) is 0 Å². The lowest BCUT2D eigenvalue weighted by molar-refractivity contribution is -0.136. The van der Waals surface area contributed by atoms with Crippen LogP contribution in [0, 0.1) is 5.92 Å². The molecule has 4 nitrogen and oxygen atoms in total. The second kappa shape index (κ2) is 6.03. The van der Waals surface area contributed by atoms with Gasteiger partial charge in [-0.05, 0) is 54.5 Å². The van der Waals surface area contributed by atoms with Gasteiger partial charge in [0.15, 0.2) is 0 Å². The minimum atomic E-state index is -0.872. The summed E-state index contributed by atoms with van der Waals surface area (Å²) in [5.41, 5.74) is 4.11. The number of carboxylic acids is 1. The van der Waals surface area contributed by atoms with Crippen LogP contribution < -0.4 is 5.32 Å². The zero-order chi connectivity index (χ0) is 17.4. The molecule has 0 aromatic heterocycles. The maximum Gasteiger partial charge on any atom is 0.307 e. The Morgan fingerprint density at radius 3 is 2.84 bits per heavy atom. The number of hydrogen-bond acceptors (Lipinski definition) is 2. The summed E-state index contributed by atoms with van der Waals surface area (Å²) >= 11 is 0. The molecule has 0 bridgehead atoms. The van der Waals surface area contributed by atoms with E-state index < -0.39 is 5.97 Å². The van der Waals surface area contributed by atoms with Crippen molar-refractivity contribution in [1.29, 1.82) is 0 Å². The van der Waals surface area contributed by atoms with Gasteiger partial charge >= 0.3 is 5.97 Å². The molecule has 1 saturated carbocycles. The number of rotatable bonds is 4. The third kappa shape index (κ3) is 2.93. The van der Waals surface area contributed by atoms with Gasteiger partial charge in [-0.2, -0.15) is 0 Å². The highest BCUT2D eigenvalue weighted by molar-refractivity contribution is 5.96. The number of carboxylic acid groups (broad SMARTS) is 1. The quantitative estimate of drug-likeness (QED) is 0.898.